The van der Waals surface area contributed by atoms with E-state index in [2.05, 4.69) is 10.3 Å². The zero-order valence-electron chi connectivity index (χ0n) is 10.9. The fraction of sp³-hybridized carbons (Fsp3) is 0.400. The van der Waals surface area contributed by atoms with Crippen molar-refractivity contribution in [3.63, 3.8) is 0 Å². The molecule has 1 saturated carbocycles. The third-order valence-corrected chi connectivity index (χ3v) is 3.76. The van der Waals surface area contributed by atoms with Gasteiger partial charge in [0, 0.05) is 23.1 Å². The van der Waals surface area contributed by atoms with Crippen LogP contribution >= 0.6 is 0 Å². The van der Waals surface area contributed by atoms with Gasteiger partial charge >= 0.3 is 0 Å². The minimum atomic E-state index is -0.408. The Morgan fingerprint density at radius 1 is 1.47 bits per heavy atom. The second kappa shape index (κ2) is 4.70. The molecule has 0 bridgehead atoms. The van der Waals surface area contributed by atoms with Gasteiger partial charge in [-0.15, -0.1) is 0 Å². The van der Waals surface area contributed by atoms with Gasteiger partial charge in [0.05, 0.1) is 11.7 Å². The van der Waals surface area contributed by atoms with E-state index >= 15 is 0 Å². The second-order valence-corrected chi connectivity index (χ2v) is 5.29. The number of benzene rings is 1. The number of aliphatic hydroxyl groups excluding tert-OH is 1. The normalized spacial score (nSPS) is 16.5. The lowest BCUT2D eigenvalue weighted by Crippen LogP contribution is -2.33. The molecule has 1 atom stereocenters. The number of aromatic amines is 1. The summed E-state index contributed by atoms with van der Waals surface area (Å²) < 4.78 is 0. The van der Waals surface area contributed by atoms with Gasteiger partial charge in [-0.2, -0.15) is 0 Å². The zero-order chi connectivity index (χ0) is 13.4. The highest BCUT2D eigenvalue weighted by molar-refractivity contribution is 6.08. The van der Waals surface area contributed by atoms with Gasteiger partial charge in [0.1, 0.15) is 0 Å². The second-order valence-electron chi connectivity index (χ2n) is 5.29. The van der Waals surface area contributed by atoms with Crippen LogP contribution in [0.4, 0.5) is 0 Å². The smallest absolute Gasteiger partial charge is 0.253 e. The number of nitrogens with one attached hydrogen (secondary N) is 2. The lowest BCUT2D eigenvalue weighted by molar-refractivity contribution is 0.0902. The molecule has 19 heavy (non-hydrogen) atoms. The molecule has 1 fully saturated rings. The monoisotopic (exact) mass is 258 g/mol. The number of aliphatic hydroxyl groups is 1. The highest BCUT2D eigenvalue weighted by Gasteiger charge is 2.30. The molecular formula is C15H18N2O2. The van der Waals surface area contributed by atoms with E-state index in [4.69, 9.17) is 0 Å². The van der Waals surface area contributed by atoms with E-state index in [1.807, 2.05) is 31.2 Å². The summed E-state index contributed by atoms with van der Waals surface area (Å²) >= 11 is 0. The number of fused-ring (bicyclic) bond motifs is 1. The fourth-order valence-corrected chi connectivity index (χ4v) is 2.50. The van der Waals surface area contributed by atoms with E-state index in [0.717, 1.165) is 29.4 Å². The predicted molar refractivity (Wildman–Crippen MR) is 74.1 cm³/mol. The van der Waals surface area contributed by atoms with Crippen molar-refractivity contribution < 1.29 is 9.90 Å². The molecule has 4 heteroatoms. The summed E-state index contributed by atoms with van der Waals surface area (Å²) in [6, 6.07) is 7.76. The first-order chi connectivity index (χ1) is 9.16. The Balaban J connectivity index is 1.78. The van der Waals surface area contributed by atoms with Crippen molar-refractivity contribution in [3.05, 3.63) is 35.5 Å². The van der Waals surface area contributed by atoms with Crippen molar-refractivity contribution in [3.8, 4) is 0 Å². The van der Waals surface area contributed by atoms with Crippen LogP contribution in [0.5, 0.6) is 0 Å². The Kier molecular flexibility index (Phi) is 3.03. The molecular weight excluding hydrogens is 240 g/mol. The molecule has 1 heterocycles. The van der Waals surface area contributed by atoms with Crippen molar-refractivity contribution in [1.82, 2.24) is 10.3 Å². The number of amides is 1. The van der Waals surface area contributed by atoms with Gasteiger partial charge in [-0.3, -0.25) is 4.79 Å². The Labute approximate surface area is 111 Å². The van der Waals surface area contributed by atoms with Crippen molar-refractivity contribution in [2.45, 2.75) is 25.9 Å². The number of rotatable bonds is 4. The SMILES string of the molecule is Cc1[nH]c2ccccc2c1C(=O)NCC(O)C1CC1. The molecule has 1 aromatic carbocycles. The van der Waals surface area contributed by atoms with Crippen molar-refractivity contribution in [1.29, 1.82) is 0 Å². The van der Waals surface area contributed by atoms with Gasteiger partial charge in [0.2, 0.25) is 0 Å². The minimum Gasteiger partial charge on any atom is -0.391 e. The van der Waals surface area contributed by atoms with Crippen LogP contribution in [0.15, 0.2) is 24.3 Å². The number of hydrogen-bond donors (Lipinski definition) is 3. The molecule has 100 valence electrons. The lowest BCUT2D eigenvalue weighted by atomic mass is 10.1. The van der Waals surface area contributed by atoms with E-state index in [1.54, 1.807) is 0 Å². The molecule has 4 nitrogen and oxygen atoms in total. The third-order valence-electron chi connectivity index (χ3n) is 3.76. The molecule has 1 aliphatic carbocycles. The molecule has 2 aromatic rings. The summed E-state index contributed by atoms with van der Waals surface area (Å²) in [6.07, 6.45) is 1.74. The summed E-state index contributed by atoms with van der Waals surface area (Å²) in [5.41, 5.74) is 2.51. The Morgan fingerprint density at radius 3 is 2.95 bits per heavy atom. The fourth-order valence-electron chi connectivity index (χ4n) is 2.50. The van der Waals surface area contributed by atoms with E-state index in [9.17, 15) is 9.90 Å². The standard InChI is InChI=1S/C15H18N2O2/c1-9-14(11-4-2-3-5-12(11)17-9)15(19)16-8-13(18)10-6-7-10/h2-5,10,13,17-18H,6-8H2,1H3,(H,16,19). The van der Waals surface area contributed by atoms with Gasteiger partial charge in [-0.05, 0) is 31.7 Å². The Hall–Kier alpha value is -1.81. The highest BCUT2D eigenvalue weighted by Crippen LogP contribution is 2.32. The largest absolute Gasteiger partial charge is 0.391 e. The lowest BCUT2D eigenvalue weighted by Gasteiger charge is -2.10. The third kappa shape index (κ3) is 2.36. The molecule has 0 saturated heterocycles. The molecule has 0 aliphatic heterocycles. The maximum absolute atomic E-state index is 12.2. The molecule has 1 amide bonds. The first kappa shape index (κ1) is 12.2. The summed E-state index contributed by atoms with van der Waals surface area (Å²) in [4.78, 5) is 15.5. The van der Waals surface area contributed by atoms with Gasteiger partial charge in [-0.1, -0.05) is 18.2 Å². The van der Waals surface area contributed by atoms with E-state index in [1.165, 1.54) is 0 Å². The van der Waals surface area contributed by atoms with Crippen LogP contribution in [0.3, 0.4) is 0 Å². The molecule has 3 rings (SSSR count). The number of H-pyrrole nitrogens is 1. The maximum atomic E-state index is 12.2. The number of hydrogen-bond acceptors (Lipinski definition) is 2. The number of aromatic nitrogens is 1. The van der Waals surface area contributed by atoms with Crippen molar-refractivity contribution in [2.24, 2.45) is 5.92 Å². The highest BCUT2D eigenvalue weighted by atomic mass is 16.3. The molecule has 1 aliphatic rings. The maximum Gasteiger partial charge on any atom is 0.253 e. The molecule has 0 spiro atoms. The summed E-state index contributed by atoms with van der Waals surface area (Å²) in [5.74, 6) is 0.263. The first-order valence-corrected chi connectivity index (χ1v) is 6.70. The molecule has 1 aromatic heterocycles. The molecule has 0 radical (unpaired) electrons. The summed E-state index contributed by atoms with van der Waals surface area (Å²) in [7, 11) is 0. The zero-order valence-corrected chi connectivity index (χ0v) is 10.9. The van der Waals surface area contributed by atoms with Gasteiger partial charge in [0.25, 0.3) is 5.91 Å². The van der Waals surface area contributed by atoms with Crippen LogP contribution in [0.2, 0.25) is 0 Å². The Bertz CT molecular complexity index is 614. The van der Waals surface area contributed by atoms with Crippen LogP contribution < -0.4 is 5.32 Å². The van der Waals surface area contributed by atoms with Crippen LogP contribution in [0.25, 0.3) is 10.9 Å². The molecule has 1 unspecified atom stereocenters. The number of carbonyl (C=O) groups is 1. The average molecular weight is 258 g/mol. The summed E-state index contributed by atoms with van der Waals surface area (Å²) in [5, 5.41) is 13.6. The van der Waals surface area contributed by atoms with Crippen molar-refractivity contribution in [2.75, 3.05) is 6.54 Å². The number of carbonyl (C=O) groups excluding carboxylic acids is 1. The quantitative estimate of drug-likeness (QED) is 0.785. The van der Waals surface area contributed by atoms with Gasteiger partial charge in [-0.25, -0.2) is 0 Å². The number of aryl methyl sites for hydroxylation is 1. The van der Waals surface area contributed by atoms with E-state index < -0.39 is 6.10 Å². The van der Waals surface area contributed by atoms with Gasteiger partial charge < -0.3 is 15.4 Å². The Morgan fingerprint density at radius 2 is 2.21 bits per heavy atom. The number of para-hydroxylation sites is 1. The molecule has 3 N–H and O–H groups in total. The first-order valence-electron chi connectivity index (χ1n) is 6.70. The van der Waals surface area contributed by atoms with Crippen LogP contribution in [-0.2, 0) is 0 Å². The van der Waals surface area contributed by atoms with Crippen LogP contribution in [-0.4, -0.2) is 28.6 Å². The van der Waals surface area contributed by atoms with Gasteiger partial charge in [0.15, 0.2) is 0 Å². The predicted octanol–water partition coefficient (Wildman–Crippen LogP) is 1.98. The minimum absolute atomic E-state index is 0.116. The van der Waals surface area contributed by atoms with Crippen molar-refractivity contribution >= 4 is 16.8 Å². The topological polar surface area (TPSA) is 65.1 Å². The van der Waals surface area contributed by atoms with E-state index in [-0.39, 0.29) is 5.91 Å². The average Bonchev–Trinajstić information content (AvgIpc) is 3.18. The van der Waals surface area contributed by atoms with E-state index in [0.29, 0.717) is 18.0 Å². The van der Waals surface area contributed by atoms with Crippen LogP contribution in [0.1, 0.15) is 28.9 Å². The van der Waals surface area contributed by atoms with Crippen LogP contribution in [0, 0.1) is 12.8 Å². The summed E-state index contributed by atoms with van der Waals surface area (Å²) in [6.45, 7) is 2.23.